The van der Waals surface area contributed by atoms with Crippen molar-refractivity contribution in [1.29, 1.82) is 0 Å². The van der Waals surface area contributed by atoms with Gasteiger partial charge in [-0.3, -0.25) is 8.97 Å². The third kappa shape index (κ3) is 4.36. The maximum absolute atomic E-state index is 6.82. The zero-order valence-corrected chi connectivity index (χ0v) is 29.7. The van der Waals surface area contributed by atoms with Crippen molar-refractivity contribution in [3.8, 4) is 16.8 Å². The Morgan fingerprint density at radius 2 is 1.28 bits per heavy atom. The molecular weight excluding hydrogens is 651 g/mol. The number of rotatable bonds is 2. The molecule has 1 N–H and O–H groups in total. The number of aromatic nitrogens is 5. The highest BCUT2D eigenvalue weighted by molar-refractivity contribution is 6.17. The highest BCUT2D eigenvalue weighted by Gasteiger charge is 2.24. The van der Waals surface area contributed by atoms with E-state index in [-0.39, 0.29) is 5.41 Å². The molecule has 53 heavy (non-hydrogen) atoms. The lowest BCUT2D eigenvalue weighted by Gasteiger charge is -2.18. The molecule has 0 spiro atoms. The number of imidazole rings is 1. The second kappa shape index (κ2) is 10.9. The minimum atomic E-state index is -0.0703. The van der Waals surface area contributed by atoms with Crippen molar-refractivity contribution < 1.29 is 8.82 Å². The maximum Gasteiger partial charge on any atom is 0.292 e. The molecule has 0 saturated heterocycles. The van der Waals surface area contributed by atoms with Crippen LogP contribution in [0.15, 0.2) is 162 Å². The van der Waals surface area contributed by atoms with E-state index in [1.54, 1.807) is 0 Å². The van der Waals surface area contributed by atoms with Gasteiger partial charge in [-0.15, -0.1) is 0 Å². The van der Waals surface area contributed by atoms with Crippen LogP contribution in [-0.4, -0.2) is 18.4 Å². The standard InChI is InChI=1S/C47H36N5O/c1-47(2,3)32-25-26-49-29-43-50(33-16-11-15-31(27-33)30-13-5-4-6-14-30)37-19-9-10-20-38(37)51(43)39-21-12-22-40-44(39)48-45-41(53-40)24-23-35-34-17-7-8-18-36(34)52(46(35)45)42(49)28-32/h4-29,48H,1-3H3/q+1. The van der Waals surface area contributed by atoms with E-state index in [1.165, 1.54) is 21.9 Å². The van der Waals surface area contributed by atoms with Gasteiger partial charge in [-0.2, -0.15) is 4.40 Å². The molecule has 0 aliphatic rings. The number of pyridine rings is 1. The minimum absolute atomic E-state index is 0.0703. The van der Waals surface area contributed by atoms with Gasteiger partial charge < -0.3 is 9.40 Å². The fraction of sp³-hybridized carbons (Fsp3) is 0.0851. The van der Waals surface area contributed by atoms with Crippen LogP contribution in [0.3, 0.4) is 0 Å². The number of nitrogens with zero attached hydrogens (tertiary/aromatic N) is 4. The number of aromatic amines is 1. The summed E-state index contributed by atoms with van der Waals surface area (Å²) in [6, 6.07) is 52.1. The first kappa shape index (κ1) is 29.9. The summed E-state index contributed by atoms with van der Waals surface area (Å²) in [6.45, 7) is 6.84. The highest BCUT2D eigenvalue weighted by atomic mass is 16.3. The van der Waals surface area contributed by atoms with Crippen LogP contribution in [0, 0.1) is 0 Å². The van der Waals surface area contributed by atoms with Crippen molar-refractivity contribution in [2.75, 3.05) is 0 Å². The normalized spacial score (nSPS) is 12.4. The Kier molecular flexibility index (Phi) is 6.12. The minimum Gasteiger partial charge on any atom is -0.453 e. The monoisotopic (exact) mass is 686 g/mol. The molecule has 254 valence electrons. The summed E-state index contributed by atoms with van der Waals surface area (Å²) in [5, 5.41) is 2.36. The zero-order valence-electron chi connectivity index (χ0n) is 29.7. The first-order valence-corrected chi connectivity index (χ1v) is 18.2. The van der Waals surface area contributed by atoms with Gasteiger partial charge in [0.2, 0.25) is 0 Å². The molecule has 2 bridgehead atoms. The molecule has 5 heterocycles. The predicted octanol–water partition coefficient (Wildman–Crippen LogP) is 11.5. The fourth-order valence-corrected chi connectivity index (χ4v) is 8.31. The number of hydrogen-bond acceptors (Lipinski definition) is 1. The lowest BCUT2D eigenvalue weighted by atomic mass is 9.88. The van der Waals surface area contributed by atoms with Crippen molar-refractivity contribution in [3.05, 3.63) is 164 Å². The first-order valence-electron chi connectivity index (χ1n) is 18.2. The van der Waals surface area contributed by atoms with Gasteiger partial charge >= 0.3 is 0 Å². The summed E-state index contributed by atoms with van der Waals surface area (Å²) in [4.78, 5) is 3.96. The summed E-state index contributed by atoms with van der Waals surface area (Å²) in [5.41, 5.74) is 15.5. The van der Waals surface area contributed by atoms with E-state index in [1.807, 2.05) is 0 Å². The van der Waals surface area contributed by atoms with Gasteiger partial charge in [0.15, 0.2) is 22.3 Å². The molecule has 0 unspecified atom stereocenters. The van der Waals surface area contributed by atoms with Gasteiger partial charge in [-0.05, 0) is 88.8 Å². The van der Waals surface area contributed by atoms with Crippen LogP contribution < -0.4 is 4.40 Å². The third-order valence-electron chi connectivity index (χ3n) is 10.9. The molecule has 0 radical (unpaired) electrons. The van der Waals surface area contributed by atoms with Gasteiger partial charge in [-0.1, -0.05) is 93.6 Å². The summed E-state index contributed by atoms with van der Waals surface area (Å²) < 4.78 is 16.3. The molecule has 0 amide bonds. The Balaban J connectivity index is 1.45. The summed E-state index contributed by atoms with van der Waals surface area (Å²) >= 11 is 0. The van der Waals surface area contributed by atoms with Crippen molar-refractivity contribution in [2.24, 2.45) is 0 Å². The zero-order chi connectivity index (χ0) is 35.4. The molecule has 5 aromatic heterocycles. The molecule has 11 aromatic rings. The fourth-order valence-electron chi connectivity index (χ4n) is 8.31. The molecule has 11 rings (SSSR count). The van der Waals surface area contributed by atoms with Crippen LogP contribution in [0.5, 0.6) is 0 Å². The van der Waals surface area contributed by atoms with Gasteiger partial charge in [-0.25, -0.2) is 4.40 Å². The van der Waals surface area contributed by atoms with Crippen LogP contribution in [0.2, 0.25) is 0 Å². The number of para-hydroxylation sites is 4. The first-order chi connectivity index (χ1) is 25.9. The van der Waals surface area contributed by atoms with Crippen molar-refractivity contribution in [3.63, 3.8) is 0 Å². The average molecular weight is 687 g/mol. The van der Waals surface area contributed by atoms with Crippen LogP contribution >= 0.6 is 0 Å². The van der Waals surface area contributed by atoms with E-state index >= 15 is 0 Å². The van der Waals surface area contributed by atoms with Crippen LogP contribution in [-0.2, 0) is 5.41 Å². The molecule has 6 aromatic carbocycles. The molecule has 0 saturated carbocycles. The van der Waals surface area contributed by atoms with Gasteiger partial charge in [0.05, 0.1) is 22.7 Å². The number of fused-ring (bicyclic) bond motifs is 9. The second-order valence-corrected chi connectivity index (χ2v) is 15.1. The Morgan fingerprint density at radius 1 is 0.566 bits per heavy atom. The summed E-state index contributed by atoms with van der Waals surface area (Å²) in [6.07, 6.45) is 4.52. The van der Waals surface area contributed by atoms with E-state index in [2.05, 4.69) is 202 Å². The molecule has 0 atom stereocenters. The molecule has 0 aliphatic carbocycles. The molecule has 0 aliphatic heterocycles. The summed E-state index contributed by atoms with van der Waals surface area (Å²) in [7, 11) is 0. The van der Waals surface area contributed by atoms with Crippen LogP contribution in [0.1, 0.15) is 26.3 Å². The molecule has 6 heteroatoms. The van der Waals surface area contributed by atoms with Gasteiger partial charge in [0, 0.05) is 22.5 Å². The Bertz CT molecular complexity index is 3320. The molecule has 0 fully saturated rings. The highest BCUT2D eigenvalue weighted by Crippen LogP contribution is 2.37. The quantitative estimate of drug-likeness (QED) is 0.143. The topological polar surface area (TPSA) is 46.8 Å². The number of benzene rings is 6. The Labute approximate surface area is 304 Å². The van der Waals surface area contributed by atoms with Gasteiger partial charge in [0.1, 0.15) is 22.7 Å². The molecular formula is C47H36N5O+. The molecule has 6 nitrogen and oxygen atoms in total. The van der Waals surface area contributed by atoms with E-state index in [0.29, 0.717) is 0 Å². The second-order valence-electron chi connectivity index (χ2n) is 15.1. The van der Waals surface area contributed by atoms with E-state index in [0.717, 1.165) is 72.3 Å². The van der Waals surface area contributed by atoms with Crippen molar-refractivity contribution >= 4 is 71.8 Å². The van der Waals surface area contributed by atoms with E-state index < -0.39 is 0 Å². The maximum atomic E-state index is 6.82. The lowest BCUT2D eigenvalue weighted by Crippen LogP contribution is -2.25. The van der Waals surface area contributed by atoms with E-state index in [4.69, 9.17) is 4.42 Å². The Hall–Kier alpha value is -6.79. The lowest BCUT2D eigenvalue weighted by molar-refractivity contribution is -0.513. The van der Waals surface area contributed by atoms with Crippen molar-refractivity contribution in [1.82, 2.24) is 18.4 Å². The van der Waals surface area contributed by atoms with Crippen molar-refractivity contribution in [2.45, 2.75) is 26.2 Å². The number of hydrogen-bond donors (Lipinski definition) is 1. The number of H-pyrrole nitrogens is 1. The van der Waals surface area contributed by atoms with E-state index in [9.17, 15) is 0 Å². The number of nitrogens with one attached hydrogen (secondary N) is 1. The SMILES string of the molecule is CC(C)(C)c1cc[n+]2cc3n(-c4cccc(-c5ccccc5)c4)c4ccccc4n3c3cccc4oc5ccc6c7ccccc7n(c6c5[nH]c43)c2c1. The Morgan fingerprint density at radius 3 is 2.13 bits per heavy atom. The van der Waals surface area contributed by atoms with Crippen LogP contribution in [0.4, 0.5) is 0 Å². The largest absolute Gasteiger partial charge is 0.453 e. The smallest absolute Gasteiger partial charge is 0.292 e. The third-order valence-corrected chi connectivity index (χ3v) is 10.9. The summed E-state index contributed by atoms with van der Waals surface area (Å²) in [5.74, 6) is 0. The van der Waals surface area contributed by atoms with Crippen LogP contribution in [0.25, 0.3) is 88.7 Å². The average Bonchev–Trinajstić information content (AvgIpc) is 3.69. The van der Waals surface area contributed by atoms with Gasteiger partial charge in [0.25, 0.3) is 5.65 Å². The predicted molar refractivity (Wildman–Crippen MR) is 217 cm³/mol.